The van der Waals surface area contributed by atoms with Crippen molar-refractivity contribution in [1.82, 2.24) is 10.1 Å². The lowest BCUT2D eigenvalue weighted by Gasteiger charge is -2.24. The Balaban J connectivity index is 1.86. The van der Waals surface area contributed by atoms with Crippen LogP contribution in [-0.2, 0) is 6.54 Å². The van der Waals surface area contributed by atoms with E-state index in [0.717, 1.165) is 40.9 Å². The van der Waals surface area contributed by atoms with E-state index in [-0.39, 0.29) is 11.9 Å². The molecule has 0 amide bonds. The molecule has 1 saturated heterocycles. The molecule has 3 rings (SSSR count). The number of halogens is 2. The molecule has 0 saturated carbocycles. The predicted molar refractivity (Wildman–Crippen MR) is 82.5 cm³/mol. The minimum absolute atomic E-state index is 0.150. The van der Waals surface area contributed by atoms with Crippen molar-refractivity contribution in [2.45, 2.75) is 39.3 Å². The van der Waals surface area contributed by atoms with Gasteiger partial charge < -0.3 is 4.52 Å². The van der Waals surface area contributed by atoms with Crippen LogP contribution < -0.4 is 0 Å². The van der Waals surface area contributed by atoms with Gasteiger partial charge in [0.1, 0.15) is 11.6 Å². The first-order chi connectivity index (χ1) is 10.1. The zero-order valence-corrected chi connectivity index (χ0v) is 13.8. The average Bonchev–Trinajstić information content (AvgIpc) is 3.01. The molecule has 5 heteroatoms. The molecule has 0 unspecified atom stereocenters. The predicted octanol–water partition coefficient (Wildman–Crippen LogP) is 4.53. The molecule has 112 valence electrons. The lowest BCUT2D eigenvalue weighted by Crippen LogP contribution is -2.24. The van der Waals surface area contributed by atoms with Gasteiger partial charge in [0, 0.05) is 28.2 Å². The number of aryl methyl sites for hydroxylation is 2. The Kier molecular flexibility index (Phi) is 4.13. The Bertz CT molecular complexity index is 636. The van der Waals surface area contributed by atoms with Gasteiger partial charge in [-0.1, -0.05) is 21.1 Å². The molecule has 0 spiro atoms. The summed E-state index contributed by atoms with van der Waals surface area (Å²) in [7, 11) is 0. The molecular formula is C16H18BrFN2O. The molecule has 0 aliphatic carbocycles. The molecule has 1 aliphatic heterocycles. The maximum absolute atomic E-state index is 14.0. The number of rotatable bonds is 3. The fourth-order valence-corrected chi connectivity index (χ4v) is 3.60. The van der Waals surface area contributed by atoms with Crippen molar-refractivity contribution in [2.75, 3.05) is 6.54 Å². The second-order valence-corrected chi connectivity index (χ2v) is 6.52. The number of benzene rings is 1. The second-order valence-electron chi connectivity index (χ2n) is 5.60. The molecule has 1 aliphatic rings. The van der Waals surface area contributed by atoms with Gasteiger partial charge in [0.25, 0.3) is 0 Å². The van der Waals surface area contributed by atoms with Gasteiger partial charge in [-0.2, -0.15) is 0 Å². The van der Waals surface area contributed by atoms with Crippen LogP contribution in [0.2, 0.25) is 0 Å². The second kappa shape index (κ2) is 5.89. The molecule has 1 aromatic carbocycles. The summed E-state index contributed by atoms with van der Waals surface area (Å²) in [4.78, 5) is 2.32. The number of hydrogen-bond acceptors (Lipinski definition) is 3. The van der Waals surface area contributed by atoms with Crippen LogP contribution in [0.5, 0.6) is 0 Å². The van der Waals surface area contributed by atoms with Crippen LogP contribution >= 0.6 is 15.9 Å². The Morgan fingerprint density at radius 3 is 2.95 bits per heavy atom. The minimum atomic E-state index is -0.150. The molecule has 21 heavy (non-hydrogen) atoms. The topological polar surface area (TPSA) is 29.3 Å². The van der Waals surface area contributed by atoms with Crippen LogP contribution in [0.25, 0.3) is 0 Å². The number of likely N-dealkylation sites (tertiary alicyclic amines) is 1. The molecule has 2 aromatic rings. The summed E-state index contributed by atoms with van der Waals surface area (Å²) in [5, 5.41) is 4.05. The summed E-state index contributed by atoms with van der Waals surface area (Å²) in [5.41, 5.74) is 2.84. The average molecular weight is 353 g/mol. The zero-order valence-electron chi connectivity index (χ0n) is 12.2. The maximum Gasteiger partial charge on any atom is 0.138 e. The highest BCUT2D eigenvalue weighted by molar-refractivity contribution is 9.10. The molecule has 1 fully saturated rings. The van der Waals surface area contributed by atoms with Crippen molar-refractivity contribution < 1.29 is 8.91 Å². The van der Waals surface area contributed by atoms with Gasteiger partial charge in [-0.3, -0.25) is 4.90 Å². The fourth-order valence-electron chi connectivity index (χ4n) is 3.19. The van der Waals surface area contributed by atoms with E-state index in [1.165, 1.54) is 11.6 Å². The maximum atomic E-state index is 14.0. The van der Waals surface area contributed by atoms with Crippen LogP contribution in [0.15, 0.2) is 27.2 Å². The smallest absolute Gasteiger partial charge is 0.138 e. The Morgan fingerprint density at radius 1 is 1.43 bits per heavy atom. The lowest BCUT2D eigenvalue weighted by atomic mass is 10.0. The Hall–Kier alpha value is -1.20. The Labute approximate surface area is 132 Å². The van der Waals surface area contributed by atoms with Crippen molar-refractivity contribution in [3.8, 4) is 0 Å². The molecule has 3 nitrogen and oxygen atoms in total. The van der Waals surface area contributed by atoms with Crippen LogP contribution in [0.3, 0.4) is 0 Å². The van der Waals surface area contributed by atoms with E-state index in [0.29, 0.717) is 6.54 Å². The van der Waals surface area contributed by atoms with E-state index < -0.39 is 0 Å². The number of aromatic nitrogens is 1. The van der Waals surface area contributed by atoms with Crippen LogP contribution in [0, 0.1) is 19.7 Å². The highest BCUT2D eigenvalue weighted by atomic mass is 79.9. The minimum Gasteiger partial charge on any atom is -0.361 e. The number of hydrogen-bond donors (Lipinski definition) is 0. The SMILES string of the molecule is Cc1noc(C)c1[C@H]1CCCN1Cc1cc(Br)ccc1F. The summed E-state index contributed by atoms with van der Waals surface area (Å²) in [6.45, 7) is 5.51. The van der Waals surface area contributed by atoms with Crippen LogP contribution in [0.4, 0.5) is 4.39 Å². The first-order valence-corrected chi connectivity index (χ1v) is 7.96. The van der Waals surface area contributed by atoms with E-state index in [9.17, 15) is 4.39 Å². The van der Waals surface area contributed by atoms with E-state index >= 15 is 0 Å². The van der Waals surface area contributed by atoms with Gasteiger partial charge in [-0.25, -0.2) is 4.39 Å². The van der Waals surface area contributed by atoms with Crippen molar-refractivity contribution in [2.24, 2.45) is 0 Å². The molecule has 0 N–H and O–H groups in total. The molecule has 0 radical (unpaired) electrons. The van der Waals surface area contributed by atoms with Crippen molar-refractivity contribution in [1.29, 1.82) is 0 Å². The quantitative estimate of drug-likeness (QED) is 0.812. The van der Waals surface area contributed by atoms with Gasteiger partial charge in [0.05, 0.1) is 5.69 Å². The van der Waals surface area contributed by atoms with E-state index in [1.54, 1.807) is 6.07 Å². The standard InChI is InChI=1S/C16H18BrFN2O/c1-10-16(11(2)21-19-10)15-4-3-7-20(15)9-12-8-13(17)5-6-14(12)18/h5-6,8,15H,3-4,7,9H2,1-2H3/t15-/m1/s1. The fraction of sp³-hybridized carbons (Fsp3) is 0.438. The monoisotopic (exact) mass is 352 g/mol. The summed E-state index contributed by atoms with van der Waals surface area (Å²) < 4.78 is 20.2. The lowest BCUT2D eigenvalue weighted by molar-refractivity contribution is 0.242. The molecular weight excluding hydrogens is 335 g/mol. The summed E-state index contributed by atoms with van der Waals surface area (Å²) in [6.07, 6.45) is 2.18. The van der Waals surface area contributed by atoms with E-state index in [4.69, 9.17) is 4.52 Å². The van der Waals surface area contributed by atoms with E-state index in [2.05, 4.69) is 26.0 Å². The van der Waals surface area contributed by atoms with Crippen LogP contribution in [-0.4, -0.2) is 16.6 Å². The highest BCUT2D eigenvalue weighted by Crippen LogP contribution is 2.36. The first-order valence-electron chi connectivity index (χ1n) is 7.17. The number of nitrogens with zero attached hydrogens (tertiary/aromatic N) is 2. The van der Waals surface area contributed by atoms with Gasteiger partial charge in [0.15, 0.2) is 0 Å². The van der Waals surface area contributed by atoms with Crippen molar-refractivity contribution in [3.05, 3.63) is 51.1 Å². The van der Waals surface area contributed by atoms with Crippen LogP contribution in [0.1, 0.15) is 41.5 Å². The summed E-state index contributed by atoms with van der Waals surface area (Å²) in [6, 6.07) is 5.38. The first kappa shape index (κ1) is 14.7. The summed E-state index contributed by atoms with van der Waals surface area (Å²) in [5.74, 6) is 0.724. The third-order valence-corrected chi connectivity index (χ3v) is 4.66. The molecule has 2 heterocycles. The third kappa shape index (κ3) is 2.90. The molecule has 0 bridgehead atoms. The van der Waals surface area contributed by atoms with Gasteiger partial charge in [0.2, 0.25) is 0 Å². The van der Waals surface area contributed by atoms with Gasteiger partial charge in [-0.15, -0.1) is 0 Å². The highest BCUT2D eigenvalue weighted by Gasteiger charge is 2.31. The Morgan fingerprint density at radius 2 is 2.24 bits per heavy atom. The third-order valence-electron chi connectivity index (χ3n) is 4.17. The zero-order chi connectivity index (χ0) is 15.0. The van der Waals surface area contributed by atoms with Crippen molar-refractivity contribution in [3.63, 3.8) is 0 Å². The van der Waals surface area contributed by atoms with Crippen molar-refractivity contribution >= 4 is 15.9 Å². The molecule has 1 aromatic heterocycles. The normalized spacial score (nSPS) is 19.3. The van der Waals surface area contributed by atoms with Gasteiger partial charge in [-0.05, 0) is 51.4 Å². The summed E-state index contributed by atoms with van der Waals surface area (Å²) >= 11 is 3.41. The van der Waals surface area contributed by atoms with E-state index in [1.807, 2.05) is 19.9 Å². The van der Waals surface area contributed by atoms with Gasteiger partial charge >= 0.3 is 0 Å². The largest absolute Gasteiger partial charge is 0.361 e. The molecule has 1 atom stereocenters.